The van der Waals surface area contributed by atoms with Crippen LogP contribution in [-0.2, 0) is 9.59 Å². The Morgan fingerprint density at radius 2 is 1.91 bits per heavy atom. The molecule has 1 aromatic carbocycles. The fraction of sp³-hybridized carbons (Fsp3) is 0.438. The quantitative estimate of drug-likeness (QED) is 0.816. The van der Waals surface area contributed by atoms with Crippen LogP contribution in [0.25, 0.3) is 0 Å². The number of nitrogens with one attached hydrogen (secondary N) is 2. The number of benzene rings is 1. The van der Waals surface area contributed by atoms with Crippen LogP contribution in [0.5, 0.6) is 0 Å². The molecule has 0 aliphatic carbocycles. The van der Waals surface area contributed by atoms with Crippen LogP contribution in [0.1, 0.15) is 27.2 Å². The average molecular weight is 303 g/mol. The molecule has 1 aliphatic heterocycles. The smallest absolute Gasteiger partial charge is 0.325 e. The van der Waals surface area contributed by atoms with Gasteiger partial charge in [0.2, 0.25) is 5.91 Å². The highest BCUT2D eigenvalue weighted by molar-refractivity contribution is 6.09. The second-order valence-corrected chi connectivity index (χ2v) is 6.17. The highest BCUT2D eigenvalue weighted by Gasteiger charge is 2.48. The molecule has 0 radical (unpaired) electrons. The summed E-state index contributed by atoms with van der Waals surface area (Å²) in [4.78, 5) is 37.4. The van der Waals surface area contributed by atoms with Crippen LogP contribution in [-0.4, -0.2) is 34.8 Å². The first-order valence-corrected chi connectivity index (χ1v) is 7.31. The molecule has 0 saturated carbocycles. The van der Waals surface area contributed by atoms with E-state index in [9.17, 15) is 14.4 Å². The van der Waals surface area contributed by atoms with Gasteiger partial charge in [-0.1, -0.05) is 32.0 Å². The SMILES string of the molecule is CC(C)C[C@]1(C)NC(=O)N(CC(=O)Nc2ccccc2)C1=O. The zero-order valence-electron chi connectivity index (χ0n) is 13.1. The minimum Gasteiger partial charge on any atom is -0.325 e. The molecular weight excluding hydrogens is 282 g/mol. The summed E-state index contributed by atoms with van der Waals surface area (Å²) in [6.07, 6.45) is 0.536. The van der Waals surface area contributed by atoms with Crippen molar-refractivity contribution in [3.8, 4) is 0 Å². The Hall–Kier alpha value is -2.37. The molecule has 4 amide bonds. The first-order chi connectivity index (χ1) is 10.3. The zero-order valence-corrected chi connectivity index (χ0v) is 13.1. The lowest BCUT2D eigenvalue weighted by Gasteiger charge is -2.23. The Bertz CT molecular complexity index is 586. The van der Waals surface area contributed by atoms with E-state index in [0.29, 0.717) is 12.1 Å². The predicted molar refractivity (Wildman–Crippen MR) is 83.2 cm³/mol. The van der Waals surface area contributed by atoms with Crippen LogP contribution in [0.2, 0.25) is 0 Å². The lowest BCUT2D eigenvalue weighted by Crippen LogP contribution is -2.45. The number of anilines is 1. The number of urea groups is 1. The van der Waals surface area contributed by atoms with Crippen molar-refractivity contribution in [3.05, 3.63) is 30.3 Å². The number of carbonyl (C=O) groups excluding carboxylic acids is 3. The third-order valence-corrected chi connectivity index (χ3v) is 3.52. The Morgan fingerprint density at radius 3 is 2.50 bits per heavy atom. The minimum absolute atomic E-state index is 0.257. The molecule has 1 heterocycles. The van der Waals surface area contributed by atoms with Crippen molar-refractivity contribution >= 4 is 23.5 Å². The fourth-order valence-corrected chi connectivity index (χ4v) is 2.71. The lowest BCUT2D eigenvalue weighted by atomic mass is 9.91. The Kier molecular flexibility index (Phi) is 4.49. The van der Waals surface area contributed by atoms with Crippen LogP contribution >= 0.6 is 0 Å². The molecule has 0 unspecified atom stereocenters. The topological polar surface area (TPSA) is 78.5 Å². The summed E-state index contributed by atoms with van der Waals surface area (Å²) in [6.45, 7) is 5.38. The molecule has 0 aromatic heterocycles. The molecule has 1 saturated heterocycles. The van der Waals surface area contributed by atoms with E-state index in [1.54, 1.807) is 31.2 Å². The van der Waals surface area contributed by atoms with Gasteiger partial charge in [0.15, 0.2) is 0 Å². The summed E-state index contributed by atoms with van der Waals surface area (Å²) in [7, 11) is 0. The molecule has 0 bridgehead atoms. The van der Waals surface area contributed by atoms with Gasteiger partial charge in [0.25, 0.3) is 5.91 Å². The van der Waals surface area contributed by atoms with Gasteiger partial charge in [-0.25, -0.2) is 4.79 Å². The number of para-hydroxylation sites is 1. The van der Waals surface area contributed by atoms with Crippen molar-refractivity contribution < 1.29 is 14.4 Å². The van der Waals surface area contributed by atoms with Gasteiger partial charge in [-0.3, -0.25) is 14.5 Å². The molecule has 1 aliphatic rings. The molecule has 118 valence electrons. The first kappa shape index (κ1) is 16.0. The molecule has 6 nitrogen and oxygen atoms in total. The predicted octanol–water partition coefficient (Wildman–Crippen LogP) is 1.98. The van der Waals surface area contributed by atoms with Crippen molar-refractivity contribution in [2.45, 2.75) is 32.7 Å². The van der Waals surface area contributed by atoms with Gasteiger partial charge in [0, 0.05) is 5.69 Å². The van der Waals surface area contributed by atoms with E-state index in [4.69, 9.17) is 0 Å². The van der Waals surface area contributed by atoms with E-state index in [1.165, 1.54) is 0 Å². The largest absolute Gasteiger partial charge is 0.325 e. The number of nitrogens with zero attached hydrogens (tertiary/aromatic N) is 1. The van der Waals surface area contributed by atoms with Gasteiger partial charge in [0.1, 0.15) is 12.1 Å². The zero-order chi connectivity index (χ0) is 16.3. The third-order valence-electron chi connectivity index (χ3n) is 3.52. The maximum Gasteiger partial charge on any atom is 0.325 e. The summed E-state index contributed by atoms with van der Waals surface area (Å²) in [6, 6.07) is 8.40. The van der Waals surface area contributed by atoms with Crippen LogP contribution < -0.4 is 10.6 Å². The van der Waals surface area contributed by atoms with Gasteiger partial charge in [-0.05, 0) is 31.4 Å². The summed E-state index contributed by atoms with van der Waals surface area (Å²) in [5.74, 6) is -0.495. The minimum atomic E-state index is -0.932. The van der Waals surface area contributed by atoms with Gasteiger partial charge < -0.3 is 10.6 Å². The van der Waals surface area contributed by atoms with Gasteiger partial charge in [0.05, 0.1) is 0 Å². The Morgan fingerprint density at radius 1 is 1.27 bits per heavy atom. The number of rotatable bonds is 5. The van der Waals surface area contributed by atoms with E-state index in [1.807, 2.05) is 19.9 Å². The summed E-state index contributed by atoms with van der Waals surface area (Å²) >= 11 is 0. The monoisotopic (exact) mass is 303 g/mol. The van der Waals surface area contributed by atoms with Gasteiger partial charge >= 0.3 is 6.03 Å². The summed E-state index contributed by atoms with van der Waals surface area (Å²) < 4.78 is 0. The van der Waals surface area contributed by atoms with E-state index < -0.39 is 17.5 Å². The van der Waals surface area contributed by atoms with Crippen molar-refractivity contribution in [3.63, 3.8) is 0 Å². The highest BCUT2D eigenvalue weighted by Crippen LogP contribution is 2.24. The second kappa shape index (κ2) is 6.17. The standard InChI is InChI=1S/C16H21N3O3/c1-11(2)9-16(3)14(21)19(15(22)18-16)10-13(20)17-12-7-5-4-6-8-12/h4-8,11H,9-10H2,1-3H3,(H,17,20)(H,18,22)/t16-/m0/s1. The maximum absolute atomic E-state index is 12.4. The van der Waals surface area contributed by atoms with Crippen LogP contribution in [0.15, 0.2) is 30.3 Å². The molecular formula is C16H21N3O3. The van der Waals surface area contributed by atoms with E-state index in [2.05, 4.69) is 10.6 Å². The summed E-state index contributed by atoms with van der Waals surface area (Å²) in [5, 5.41) is 5.35. The van der Waals surface area contributed by atoms with Crippen molar-refractivity contribution in [1.82, 2.24) is 10.2 Å². The van der Waals surface area contributed by atoms with Crippen LogP contribution in [0, 0.1) is 5.92 Å². The molecule has 22 heavy (non-hydrogen) atoms. The van der Waals surface area contributed by atoms with Gasteiger partial charge in [-0.15, -0.1) is 0 Å². The molecule has 2 N–H and O–H groups in total. The number of hydrogen-bond donors (Lipinski definition) is 2. The number of imide groups is 1. The van der Waals surface area contributed by atoms with Crippen LogP contribution in [0.4, 0.5) is 10.5 Å². The number of hydrogen-bond acceptors (Lipinski definition) is 3. The summed E-state index contributed by atoms with van der Waals surface area (Å²) in [5.41, 5.74) is -0.303. The van der Waals surface area contributed by atoms with E-state index in [0.717, 1.165) is 4.90 Å². The van der Waals surface area contributed by atoms with Crippen molar-refractivity contribution in [2.75, 3.05) is 11.9 Å². The normalized spacial score (nSPS) is 21.2. The molecule has 2 rings (SSSR count). The fourth-order valence-electron chi connectivity index (χ4n) is 2.71. The lowest BCUT2D eigenvalue weighted by molar-refractivity contribution is -0.133. The number of carbonyl (C=O) groups is 3. The number of amides is 4. The first-order valence-electron chi connectivity index (χ1n) is 7.31. The van der Waals surface area contributed by atoms with Crippen molar-refractivity contribution in [1.29, 1.82) is 0 Å². The highest BCUT2D eigenvalue weighted by atomic mass is 16.2. The van der Waals surface area contributed by atoms with Crippen LogP contribution in [0.3, 0.4) is 0 Å². The average Bonchev–Trinajstić information content (AvgIpc) is 2.62. The third kappa shape index (κ3) is 3.44. The van der Waals surface area contributed by atoms with E-state index in [-0.39, 0.29) is 18.4 Å². The molecule has 1 fully saturated rings. The molecule has 1 aromatic rings. The Balaban J connectivity index is 2.02. The van der Waals surface area contributed by atoms with Crippen molar-refractivity contribution in [2.24, 2.45) is 5.92 Å². The molecule has 6 heteroatoms. The Labute approximate surface area is 129 Å². The molecule has 0 spiro atoms. The van der Waals surface area contributed by atoms with Gasteiger partial charge in [-0.2, -0.15) is 0 Å². The van der Waals surface area contributed by atoms with E-state index >= 15 is 0 Å². The maximum atomic E-state index is 12.4. The second-order valence-electron chi connectivity index (χ2n) is 6.17. The molecule has 1 atom stereocenters.